The van der Waals surface area contributed by atoms with E-state index in [4.69, 9.17) is 10.5 Å². The number of aromatic nitrogens is 2. The Morgan fingerprint density at radius 1 is 1.21 bits per heavy atom. The lowest BCUT2D eigenvalue weighted by molar-refractivity contribution is -0.149. The molecule has 0 aliphatic carbocycles. The fraction of sp³-hybridized carbons (Fsp3) is 0.706. The molecule has 3 saturated heterocycles. The number of piperidine rings is 1. The fourth-order valence-corrected chi connectivity index (χ4v) is 4.43. The van der Waals surface area contributed by atoms with Crippen LogP contribution in [0.3, 0.4) is 0 Å². The van der Waals surface area contributed by atoms with Crippen molar-refractivity contribution in [1.82, 2.24) is 14.9 Å². The molecule has 24 heavy (non-hydrogen) atoms. The van der Waals surface area contributed by atoms with Gasteiger partial charge in [-0.05, 0) is 32.1 Å². The van der Waals surface area contributed by atoms with E-state index >= 15 is 0 Å². The maximum atomic E-state index is 13.3. The molecule has 7 nitrogen and oxygen atoms in total. The molecule has 1 spiro atoms. The summed E-state index contributed by atoms with van der Waals surface area (Å²) in [4.78, 5) is 25.9. The summed E-state index contributed by atoms with van der Waals surface area (Å²) < 4.78 is 5.46. The Hall–Kier alpha value is -1.89. The molecule has 0 radical (unpaired) electrons. The maximum absolute atomic E-state index is 13.3. The molecule has 1 aromatic rings. The van der Waals surface area contributed by atoms with Crippen molar-refractivity contribution in [3.8, 4) is 0 Å². The van der Waals surface area contributed by atoms with Gasteiger partial charge in [0, 0.05) is 45.0 Å². The maximum Gasteiger partial charge on any atom is 0.230 e. The number of nitrogen functional groups attached to an aromatic ring is 1. The Bertz CT molecular complexity index is 619. The zero-order valence-corrected chi connectivity index (χ0v) is 14.0. The first-order valence-electron chi connectivity index (χ1n) is 8.89. The molecule has 2 N–H and O–H groups in total. The molecule has 3 aliphatic rings. The molecule has 0 aromatic carbocycles. The van der Waals surface area contributed by atoms with E-state index in [9.17, 15) is 4.79 Å². The highest BCUT2D eigenvalue weighted by Gasteiger charge is 2.49. The van der Waals surface area contributed by atoms with Gasteiger partial charge in [-0.25, -0.2) is 9.97 Å². The SMILES string of the molecule is Nc1cc(N2CCC3(CCCN(C4CCOCC4)C3=O)C2)ncn1. The van der Waals surface area contributed by atoms with Crippen molar-refractivity contribution in [1.29, 1.82) is 0 Å². The van der Waals surface area contributed by atoms with E-state index in [1.807, 2.05) is 0 Å². The van der Waals surface area contributed by atoms with E-state index in [0.29, 0.717) is 17.8 Å². The minimum absolute atomic E-state index is 0.254. The number of carbonyl (C=O) groups excluding carboxylic acids is 1. The van der Waals surface area contributed by atoms with Crippen LogP contribution in [0.25, 0.3) is 0 Å². The lowest BCUT2D eigenvalue weighted by Crippen LogP contribution is -2.54. The highest BCUT2D eigenvalue weighted by molar-refractivity contribution is 5.85. The van der Waals surface area contributed by atoms with Crippen molar-refractivity contribution in [2.75, 3.05) is 43.5 Å². The number of hydrogen-bond donors (Lipinski definition) is 1. The third-order valence-electron chi connectivity index (χ3n) is 5.75. The van der Waals surface area contributed by atoms with Crippen LogP contribution in [0.2, 0.25) is 0 Å². The number of carbonyl (C=O) groups is 1. The van der Waals surface area contributed by atoms with Gasteiger partial charge in [0.2, 0.25) is 5.91 Å². The molecule has 0 saturated carbocycles. The van der Waals surface area contributed by atoms with Gasteiger partial charge >= 0.3 is 0 Å². The Morgan fingerprint density at radius 2 is 2.04 bits per heavy atom. The number of hydrogen-bond acceptors (Lipinski definition) is 6. The van der Waals surface area contributed by atoms with E-state index in [0.717, 1.165) is 70.8 Å². The van der Waals surface area contributed by atoms with E-state index in [2.05, 4.69) is 19.8 Å². The van der Waals surface area contributed by atoms with Crippen molar-refractivity contribution in [2.24, 2.45) is 5.41 Å². The first-order chi connectivity index (χ1) is 11.7. The van der Waals surface area contributed by atoms with Crippen LogP contribution in [0.4, 0.5) is 11.6 Å². The summed E-state index contributed by atoms with van der Waals surface area (Å²) in [5, 5.41) is 0. The highest BCUT2D eigenvalue weighted by Crippen LogP contribution is 2.42. The van der Waals surface area contributed by atoms with Crippen LogP contribution in [0.5, 0.6) is 0 Å². The number of ether oxygens (including phenoxy) is 1. The van der Waals surface area contributed by atoms with Gasteiger partial charge in [-0.1, -0.05) is 0 Å². The van der Waals surface area contributed by atoms with Gasteiger partial charge < -0.3 is 20.3 Å². The van der Waals surface area contributed by atoms with Gasteiger partial charge in [0.15, 0.2) is 0 Å². The lowest BCUT2D eigenvalue weighted by atomic mass is 9.77. The summed E-state index contributed by atoms with van der Waals surface area (Å²) in [5.41, 5.74) is 5.52. The first-order valence-corrected chi connectivity index (χ1v) is 8.89. The number of likely N-dealkylation sites (tertiary alicyclic amines) is 1. The molecule has 7 heteroatoms. The Kier molecular flexibility index (Phi) is 4.04. The van der Waals surface area contributed by atoms with Crippen molar-refractivity contribution >= 4 is 17.5 Å². The van der Waals surface area contributed by atoms with Crippen molar-refractivity contribution < 1.29 is 9.53 Å². The zero-order valence-electron chi connectivity index (χ0n) is 14.0. The van der Waals surface area contributed by atoms with Gasteiger partial charge in [0.1, 0.15) is 18.0 Å². The van der Waals surface area contributed by atoms with Crippen LogP contribution in [0.1, 0.15) is 32.1 Å². The summed E-state index contributed by atoms with van der Waals surface area (Å²) in [5.74, 6) is 1.64. The van der Waals surface area contributed by atoms with E-state index in [-0.39, 0.29) is 5.41 Å². The molecule has 1 atom stereocenters. The topological polar surface area (TPSA) is 84.6 Å². The summed E-state index contributed by atoms with van der Waals surface area (Å²) in [6.07, 6.45) is 6.38. The lowest BCUT2D eigenvalue weighted by Gasteiger charge is -2.44. The summed E-state index contributed by atoms with van der Waals surface area (Å²) in [6.45, 7) is 4.03. The first kappa shape index (κ1) is 15.6. The second-order valence-electron chi connectivity index (χ2n) is 7.20. The summed E-state index contributed by atoms with van der Waals surface area (Å²) in [7, 11) is 0. The van der Waals surface area contributed by atoms with E-state index < -0.39 is 0 Å². The molecule has 0 bridgehead atoms. The van der Waals surface area contributed by atoms with Gasteiger partial charge in [0.25, 0.3) is 0 Å². The van der Waals surface area contributed by atoms with Crippen LogP contribution in [0.15, 0.2) is 12.4 Å². The van der Waals surface area contributed by atoms with E-state index in [1.54, 1.807) is 6.07 Å². The summed E-state index contributed by atoms with van der Waals surface area (Å²) in [6, 6.07) is 2.15. The molecule has 130 valence electrons. The van der Waals surface area contributed by atoms with Crippen molar-refractivity contribution in [3.63, 3.8) is 0 Å². The van der Waals surface area contributed by atoms with Crippen LogP contribution in [0, 0.1) is 5.41 Å². The van der Waals surface area contributed by atoms with Gasteiger partial charge in [-0.15, -0.1) is 0 Å². The van der Waals surface area contributed by atoms with Crippen LogP contribution < -0.4 is 10.6 Å². The van der Waals surface area contributed by atoms with Gasteiger partial charge in [0.05, 0.1) is 5.41 Å². The number of nitrogens with zero attached hydrogens (tertiary/aromatic N) is 4. The number of nitrogens with two attached hydrogens (primary N) is 1. The Morgan fingerprint density at radius 3 is 2.83 bits per heavy atom. The predicted octanol–water partition coefficient (Wildman–Crippen LogP) is 1.06. The second-order valence-corrected chi connectivity index (χ2v) is 7.20. The third kappa shape index (κ3) is 2.70. The standard InChI is InChI=1S/C17H25N5O2/c18-14-10-15(20-12-19-14)21-7-5-17(11-21)4-1-6-22(16(17)23)13-2-8-24-9-3-13/h10,12-13H,1-9,11H2,(H2,18,19,20). The average molecular weight is 331 g/mol. The number of amides is 1. The highest BCUT2D eigenvalue weighted by atomic mass is 16.5. The van der Waals surface area contributed by atoms with Crippen LogP contribution >= 0.6 is 0 Å². The molecule has 1 unspecified atom stereocenters. The normalized spacial score (nSPS) is 28.8. The predicted molar refractivity (Wildman–Crippen MR) is 90.5 cm³/mol. The van der Waals surface area contributed by atoms with Crippen LogP contribution in [-0.4, -0.2) is 59.7 Å². The molecule has 1 aromatic heterocycles. The quantitative estimate of drug-likeness (QED) is 0.872. The van der Waals surface area contributed by atoms with Gasteiger partial charge in [-0.2, -0.15) is 0 Å². The minimum atomic E-state index is -0.254. The zero-order chi connectivity index (χ0) is 16.6. The third-order valence-corrected chi connectivity index (χ3v) is 5.75. The van der Waals surface area contributed by atoms with Crippen molar-refractivity contribution in [2.45, 2.75) is 38.1 Å². The molecule has 3 aliphatic heterocycles. The average Bonchev–Trinajstić information content (AvgIpc) is 3.03. The fourth-order valence-electron chi connectivity index (χ4n) is 4.43. The second kappa shape index (κ2) is 6.20. The minimum Gasteiger partial charge on any atom is -0.384 e. The summed E-state index contributed by atoms with van der Waals surface area (Å²) >= 11 is 0. The van der Waals surface area contributed by atoms with E-state index in [1.165, 1.54) is 6.33 Å². The molecular weight excluding hydrogens is 306 g/mol. The monoisotopic (exact) mass is 331 g/mol. The smallest absolute Gasteiger partial charge is 0.230 e. The van der Waals surface area contributed by atoms with Crippen LogP contribution in [-0.2, 0) is 9.53 Å². The molecule has 1 amide bonds. The number of anilines is 2. The number of rotatable bonds is 2. The molecule has 3 fully saturated rings. The Balaban J connectivity index is 1.51. The molecular formula is C17H25N5O2. The molecule has 4 heterocycles. The largest absolute Gasteiger partial charge is 0.384 e. The van der Waals surface area contributed by atoms with Crippen molar-refractivity contribution in [3.05, 3.63) is 12.4 Å². The Labute approximate surface area is 142 Å². The van der Waals surface area contributed by atoms with Gasteiger partial charge in [-0.3, -0.25) is 4.79 Å². The molecule has 4 rings (SSSR count).